The molecule has 0 unspecified atom stereocenters. The van der Waals surface area contributed by atoms with Crippen molar-refractivity contribution in [1.82, 2.24) is 9.78 Å². The first-order valence-corrected chi connectivity index (χ1v) is 12.0. The Morgan fingerprint density at radius 1 is 1.26 bits per heavy atom. The second-order valence-corrected chi connectivity index (χ2v) is 9.62. The summed E-state index contributed by atoms with van der Waals surface area (Å²) >= 11 is 0. The van der Waals surface area contributed by atoms with Crippen LogP contribution in [0.2, 0.25) is 0 Å². The fraction of sp³-hybridized carbons (Fsp3) is 0.357. The van der Waals surface area contributed by atoms with Crippen molar-refractivity contribution < 1.29 is 19.0 Å². The van der Waals surface area contributed by atoms with Crippen LogP contribution in [0.15, 0.2) is 54.2 Å². The number of halogens is 1. The normalized spacial score (nSPS) is 22.9. The van der Waals surface area contributed by atoms with Gasteiger partial charge in [-0.05, 0) is 86.1 Å². The molecule has 0 saturated heterocycles. The molecular weight excluding hydrogens is 445 g/mol. The molecule has 2 aliphatic rings. The van der Waals surface area contributed by atoms with Crippen molar-refractivity contribution in [1.29, 1.82) is 0 Å². The maximum atomic E-state index is 13.4. The summed E-state index contributed by atoms with van der Waals surface area (Å²) in [6.07, 6.45) is 7.96. The van der Waals surface area contributed by atoms with Crippen LogP contribution < -0.4 is 10.5 Å². The Morgan fingerprint density at radius 3 is 2.71 bits per heavy atom. The second-order valence-electron chi connectivity index (χ2n) is 9.62. The average Bonchev–Trinajstić information content (AvgIpc) is 3.40. The molecule has 182 valence electrons. The molecule has 5 rings (SSSR count). The van der Waals surface area contributed by atoms with E-state index < -0.39 is 16.9 Å². The van der Waals surface area contributed by atoms with Crippen molar-refractivity contribution in [2.75, 3.05) is 7.11 Å². The third-order valence-electron chi connectivity index (χ3n) is 8.06. The maximum Gasteiger partial charge on any atom is 0.252 e. The lowest BCUT2D eigenvalue weighted by atomic mass is 9.63. The van der Waals surface area contributed by atoms with E-state index in [0.29, 0.717) is 37.0 Å². The number of ether oxygens (including phenoxy) is 1. The maximum absolute atomic E-state index is 13.4. The number of hydrogen-bond donors (Lipinski definition) is 2. The van der Waals surface area contributed by atoms with E-state index in [1.54, 1.807) is 18.2 Å². The molecule has 7 heteroatoms. The van der Waals surface area contributed by atoms with Gasteiger partial charge in [0.05, 0.1) is 35.9 Å². The molecule has 0 radical (unpaired) electrons. The zero-order valence-corrected chi connectivity index (χ0v) is 20.1. The molecule has 1 heterocycles. The number of aryl methyl sites for hydroxylation is 1. The number of nitrogens with two attached hydrogens (primary N) is 1. The zero-order chi connectivity index (χ0) is 24.8. The number of amides is 1. The highest BCUT2D eigenvalue weighted by atomic mass is 19.1. The fourth-order valence-electron chi connectivity index (χ4n) is 6.19. The first-order chi connectivity index (χ1) is 16.8. The molecule has 0 aliphatic heterocycles. The molecular formula is C28H30FN3O3. The van der Waals surface area contributed by atoms with E-state index in [1.165, 1.54) is 24.8 Å². The SMILES string of the molecule is CC[C@]12Cc3cnn(-c4ccc(F)cc4)c3C=C1CC[C@@]2(O)CCc1cccc(OC)c1C(N)=O. The van der Waals surface area contributed by atoms with Gasteiger partial charge in [-0.3, -0.25) is 4.79 Å². The van der Waals surface area contributed by atoms with Crippen molar-refractivity contribution in [3.63, 3.8) is 0 Å². The number of benzene rings is 2. The van der Waals surface area contributed by atoms with Crippen LogP contribution in [0, 0.1) is 11.2 Å². The Morgan fingerprint density at radius 2 is 2.03 bits per heavy atom. The van der Waals surface area contributed by atoms with E-state index in [1.807, 2.05) is 23.0 Å². The topological polar surface area (TPSA) is 90.4 Å². The van der Waals surface area contributed by atoms with Crippen molar-refractivity contribution in [2.45, 2.75) is 51.0 Å². The van der Waals surface area contributed by atoms with Gasteiger partial charge in [0.25, 0.3) is 5.91 Å². The summed E-state index contributed by atoms with van der Waals surface area (Å²) in [5.41, 5.74) is 9.58. The largest absolute Gasteiger partial charge is 0.496 e. The summed E-state index contributed by atoms with van der Waals surface area (Å²) in [6.45, 7) is 2.12. The highest BCUT2D eigenvalue weighted by Crippen LogP contribution is 2.59. The van der Waals surface area contributed by atoms with Gasteiger partial charge in [-0.25, -0.2) is 9.07 Å². The minimum Gasteiger partial charge on any atom is -0.496 e. The molecule has 2 aromatic carbocycles. The molecule has 0 bridgehead atoms. The quantitative estimate of drug-likeness (QED) is 0.522. The summed E-state index contributed by atoms with van der Waals surface area (Å²) in [6, 6.07) is 11.8. The van der Waals surface area contributed by atoms with Gasteiger partial charge >= 0.3 is 0 Å². The number of primary amides is 1. The summed E-state index contributed by atoms with van der Waals surface area (Å²) in [5.74, 6) is -0.360. The zero-order valence-electron chi connectivity index (χ0n) is 20.1. The van der Waals surface area contributed by atoms with Crippen molar-refractivity contribution in [3.05, 3.63) is 82.4 Å². The summed E-state index contributed by atoms with van der Waals surface area (Å²) in [4.78, 5) is 12.1. The van der Waals surface area contributed by atoms with Crippen LogP contribution in [0.25, 0.3) is 11.8 Å². The Bertz CT molecular complexity index is 1310. The van der Waals surface area contributed by atoms with Crippen LogP contribution in [0.3, 0.4) is 0 Å². The Kier molecular flexibility index (Phi) is 5.75. The highest BCUT2D eigenvalue weighted by Gasteiger charge is 2.56. The van der Waals surface area contributed by atoms with Crippen LogP contribution in [0.4, 0.5) is 4.39 Å². The first kappa shape index (κ1) is 23.3. The predicted molar refractivity (Wildman–Crippen MR) is 132 cm³/mol. The smallest absolute Gasteiger partial charge is 0.252 e. The van der Waals surface area contributed by atoms with E-state index in [2.05, 4.69) is 18.1 Å². The van der Waals surface area contributed by atoms with Crippen molar-refractivity contribution in [3.8, 4) is 11.4 Å². The second kappa shape index (κ2) is 8.64. The van der Waals surface area contributed by atoms with E-state index in [4.69, 9.17) is 10.5 Å². The molecule has 3 aromatic rings. The number of nitrogens with zero attached hydrogens (tertiary/aromatic N) is 2. The van der Waals surface area contributed by atoms with Crippen LogP contribution in [0.5, 0.6) is 5.75 Å². The standard InChI is InChI=1S/C28H30FN3O3/c1-3-27-16-19-17-31-32(22-9-7-21(29)8-10-22)23(19)15-20(27)12-14-28(27,34)13-11-18-5-4-6-24(35-2)25(18)26(30)33/h4-10,15,17,34H,3,11-14,16H2,1-2H3,(H2,30,33)/t27-,28-/m0/s1. The molecule has 2 aliphatic carbocycles. The van der Waals surface area contributed by atoms with Crippen LogP contribution in [-0.2, 0) is 12.8 Å². The predicted octanol–water partition coefficient (Wildman–Crippen LogP) is 4.61. The van der Waals surface area contributed by atoms with Gasteiger partial charge in [0.2, 0.25) is 0 Å². The Hall–Kier alpha value is -3.45. The van der Waals surface area contributed by atoms with E-state index in [9.17, 15) is 14.3 Å². The molecule has 1 aromatic heterocycles. The number of methoxy groups -OCH3 is 1. The summed E-state index contributed by atoms with van der Waals surface area (Å²) in [5, 5.41) is 16.7. The number of aromatic nitrogens is 2. The van der Waals surface area contributed by atoms with Gasteiger partial charge in [0.15, 0.2) is 0 Å². The highest BCUT2D eigenvalue weighted by molar-refractivity contribution is 5.97. The number of fused-ring (bicyclic) bond motifs is 2. The van der Waals surface area contributed by atoms with Gasteiger partial charge in [-0.1, -0.05) is 24.6 Å². The molecule has 6 nitrogen and oxygen atoms in total. The number of carbonyl (C=O) groups excluding carboxylic acids is 1. The number of hydrogen-bond acceptors (Lipinski definition) is 4. The van der Waals surface area contributed by atoms with Gasteiger partial charge < -0.3 is 15.6 Å². The molecule has 0 spiro atoms. The molecule has 1 amide bonds. The van der Waals surface area contributed by atoms with Crippen LogP contribution in [0.1, 0.15) is 59.8 Å². The number of rotatable bonds is 7. The number of aliphatic hydroxyl groups is 1. The van der Waals surface area contributed by atoms with E-state index >= 15 is 0 Å². The van der Waals surface area contributed by atoms with Gasteiger partial charge in [-0.15, -0.1) is 0 Å². The number of carbonyl (C=O) groups is 1. The van der Waals surface area contributed by atoms with Crippen molar-refractivity contribution in [2.24, 2.45) is 11.1 Å². The third kappa shape index (κ3) is 3.65. The van der Waals surface area contributed by atoms with Crippen molar-refractivity contribution >= 4 is 12.0 Å². The van der Waals surface area contributed by atoms with Crippen LogP contribution in [-0.4, -0.2) is 33.5 Å². The first-order valence-electron chi connectivity index (χ1n) is 12.0. The summed E-state index contributed by atoms with van der Waals surface area (Å²) < 4.78 is 20.6. The van der Waals surface area contributed by atoms with E-state index in [-0.39, 0.29) is 5.82 Å². The van der Waals surface area contributed by atoms with Crippen LogP contribution >= 0.6 is 0 Å². The molecule has 2 atom stereocenters. The molecule has 1 fully saturated rings. The fourth-order valence-corrected chi connectivity index (χ4v) is 6.19. The lowest BCUT2D eigenvalue weighted by molar-refractivity contribution is -0.0569. The monoisotopic (exact) mass is 475 g/mol. The Balaban J connectivity index is 1.47. The van der Waals surface area contributed by atoms with E-state index in [0.717, 1.165) is 35.3 Å². The third-order valence-corrected chi connectivity index (χ3v) is 8.06. The lowest BCUT2D eigenvalue weighted by Crippen LogP contribution is -2.47. The van der Waals surface area contributed by atoms with Gasteiger partial charge in [-0.2, -0.15) is 5.10 Å². The average molecular weight is 476 g/mol. The molecule has 3 N–H and O–H groups in total. The molecule has 35 heavy (non-hydrogen) atoms. The molecule has 1 saturated carbocycles. The Labute approximate surface area is 204 Å². The lowest BCUT2D eigenvalue weighted by Gasteiger charge is -2.45. The summed E-state index contributed by atoms with van der Waals surface area (Å²) in [7, 11) is 1.52. The minimum atomic E-state index is -0.929. The van der Waals surface area contributed by atoms with Gasteiger partial charge in [0, 0.05) is 5.41 Å². The van der Waals surface area contributed by atoms with Gasteiger partial charge in [0.1, 0.15) is 11.6 Å². The minimum absolute atomic E-state index is 0.283.